The fraction of sp³-hybridized carbons (Fsp3) is 0.224. The fourth-order valence-electron chi connectivity index (χ4n) is 9.99. The SMILES string of the molecule is COc1ccc(OC)c(C=Cc2ccc(N3C(=O)[C@H]4[C@H](CC=C5[C@H]4C[C@H]4C(=O)N(Nc6ccc(C)cc6)C(=O)[C@@]4(c4ccccc4)[C@H]5c4ccc(O)cc4Cl)C3=O)cc2)c1. The van der Waals surface area contributed by atoms with Gasteiger partial charge in [-0.25, -0.2) is 0 Å². The van der Waals surface area contributed by atoms with Crippen LogP contribution in [0.4, 0.5) is 11.4 Å². The van der Waals surface area contributed by atoms with Crippen LogP contribution < -0.4 is 19.8 Å². The van der Waals surface area contributed by atoms with E-state index in [1.165, 1.54) is 17.0 Å². The number of hydrogen-bond donors (Lipinski definition) is 2. The topological polar surface area (TPSA) is 125 Å². The number of fused-ring (bicyclic) bond motifs is 4. The molecule has 5 aromatic carbocycles. The van der Waals surface area contributed by atoms with Crippen molar-refractivity contribution < 1.29 is 33.8 Å². The summed E-state index contributed by atoms with van der Waals surface area (Å²) in [6.45, 7) is 1.95. The summed E-state index contributed by atoms with van der Waals surface area (Å²) in [5.74, 6) is -3.99. The predicted octanol–water partition coefficient (Wildman–Crippen LogP) is 8.73. The zero-order valence-corrected chi connectivity index (χ0v) is 33.9. The van der Waals surface area contributed by atoms with Crippen LogP contribution in [0.5, 0.6) is 17.2 Å². The average Bonchev–Trinajstić information content (AvgIpc) is 3.64. The molecule has 0 spiro atoms. The van der Waals surface area contributed by atoms with Crippen molar-refractivity contribution in [3.63, 3.8) is 0 Å². The summed E-state index contributed by atoms with van der Waals surface area (Å²) in [7, 11) is 3.21. The van der Waals surface area contributed by atoms with E-state index in [0.29, 0.717) is 34.0 Å². The number of nitrogens with one attached hydrogen (secondary N) is 1. The van der Waals surface area contributed by atoms with Crippen molar-refractivity contribution in [2.45, 2.75) is 31.1 Å². The van der Waals surface area contributed by atoms with Gasteiger partial charge in [0, 0.05) is 16.5 Å². The van der Waals surface area contributed by atoms with E-state index < -0.39 is 46.8 Å². The number of hydrogen-bond acceptors (Lipinski definition) is 8. The number of imide groups is 2. The van der Waals surface area contributed by atoms with Gasteiger partial charge in [0.15, 0.2) is 0 Å². The number of phenolic OH excluding ortho intramolecular Hbond substituents is 1. The molecule has 6 atom stereocenters. The predicted molar refractivity (Wildman–Crippen MR) is 229 cm³/mol. The molecule has 2 N–H and O–H groups in total. The Morgan fingerprint density at radius 1 is 0.800 bits per heavy atom. The number of aromatic hydroxyl groups is 1. The molecule has 60 heavy (non-hydrogen) atoms. The minimum atomic E-state index is -1.48. The minimum Gasteiger partial charge on any atom is -0.508 e. The van der Waals surface area contributed by atoms with Crippen LogP contribution in [0.2, 0.25) is 5.02 Å². The zero-order chi connectivity index (χ0) is 41.9. The fourth-order valence-corrected chi connectivity index (χ4v) is 10.3. The van der Waals surface area contributed by atoms with Crippen molar-refractivity contribution in [1.29, 1.82) is 0 Å². The molecule has 302 valence electrons. The molecular formula is C49H42ClN3O7. The number of benzene rings is 5. The monoisotopic (exact) mass is 819 g/mol. The Kier molecular flexibility index (Phi) is 9.83. The van der Waals surface area contributed by atoms with Gasteiger partial charge in [-0.1, -0.05) is 102 Å². The number of rotatable bonds is 9. The number of ether oxygens (including phenoxy) is 2. The van der Waals surface area contributed by atoms with Gasteiger partial charge in [-0.2, -0.15) is 5.01 Å². The van der Waals surface area contributed by atoms with E-state index in [4.69, 9.17) is 21.1 Å². The van der Waals surface area contributed by atoms with Gasteiger partial charge in [0.2, 0.25) is 11.8 Å². The van der Waals surface area contributed by atoms with E-state index in [0.717, 1.165) is 27.3 Å². The maximum absolute atomic E-state index is 15.4. The highest BCUT2D eigenvalue weighted by Crippen LogP contribution is 2.65. The van der Waals surface area contributed by atoms with Crippen LogP contribution in [-0.2, 0) is 24.6 Å². The molecule has 2 aliphatic heterocycles. The Morgan fingerprint density at radius 3 is 2.25 bits per heavy atom. The Labute approximate surface area is 352 Å². The van der Waals surface area contributed by atoms with E-state index in [9.17, 15) is 19.5 Å². The van der Waals surface area contributed by atoms with Gasteiger partial charge in [0.1, 0.15) is 17.2 Å². The van der Waals surface area contributed by atoms with Crippen molar-refractivity contribution >= 4 is 58.8 Å². The normalized spacial score (nSPS) is 24.6. The second kappa shape index (κ2) is 15.2. The lowest BCUT2D eigenvalue weighted by Crippen LogP contribution is -2.53. The number of anilines is 2. The van der Waals surface area contributed by atoms with Gasteiger partial charge < -0.3 is 14.6 Å². The summed E-state index contributed by atoms with van der Waals surface area (Å²) in [4.78, 5) is 60.7. The number of halogens is 1. The molecule has 0 radical (unpaired) electrons. The molecule has 1 saturated carbocycles. The van der Waals surface area contributed by atoms with Crippen molar-refractivity contribution in [3.05, 3.63) is 160 Å². The number of hydrazine groups is 1. The Balaban J connectivity index is 1.10. The summed E-state index contributed by atoms with van der Waals surface area (Å²) in [6, 6.07) is 34.1. The number of amides is 4. The standard InChI is InChI=1S/C49H42ClN3O7/c1-28-9-15-32(16-10-28)51-53-46(56)40-27-39-36(44(37-21-19-34(54)26-41(37)50)49(40,48(53)58)31-7-5-4-6-8-31)22-23-38-43(39)47(57)52(45(38)55)33-17-12-29(13-18-33)11-14-30-25-35(59-2)20-24-42(30)60-3/h4-22,24-26,38-40,43-44,51,54H,23,27H2,1-3H3/t38-,39+,40-,43-,44+,49+/m0/s1. The van der Waals surface area contributed by atoms with Gasteiger partial charge in [-0.15, -0.1) is 0 Å². The Hall–Kier alpha value is -6.65. The van der Waals surface area contributed by atoms with E-state index in [-0.39, 0.29) is 35.4 Å². The van der Waals surface area contributed by atoms with Crippen molar-refractivity contribution in [2.24, 2.45) is 23.7 Å². The van der Waals surface area contributed by atoms with E-state index in [2.05, 4.69) is 5.43 Å². The average molecular weight is 820 g/mol. The number of nitrogens with zero attached hydrogens (tertiary/aromatic N) is 2. The molecular weight excluding hydrogens is 778 g/mol. The molecule has 0 aromatic heterocycles. The summed E-state index contributed by atoms with van der Waals surface area (Å²) in [5.41, 5.74) is 7.29. The first-order valence-corrected chi connectivity index (χ1v) is 20.3. The maximum Gasteiger partial charge on any atom is 0.260 e. The smallest absolute Gasteiger partial charge is 0.260 e. The third-order valence-corrected chi connectivity index (χ3v) is 13.1. The highest BCUT2D eigenvalue weighted by molar-refractivity contribution is 6.31. The van der Waals surface area contributed by atoms with Gasteiger partial charge in [0.05, 0.1) is 48.8 Å². The van der Waals surface area contributed by atoms with Crippen LogP contribution in [0.15, 0.2) is 127 Å². The highest BCUT2D eigenvalue weighted by Gasteiger charge is 2.70. The number of carbonyl (C=O) groups is 4. The Bertz CT molecular complexity index is 2610. The second-order valence-corrected chi connectivity index (χ2v) is 16.2. The number of phenols is 1. The van der Waals surface area contributed by atoms with Crippen molar-refractivity contribution in [2.75, 3.05) is 24.5 Å². The van der Waals surface area contributed by atoms with Crippen LogP contribution in [0, 0.1) is 30.6 Å². The van der Waals surface area contributed by atoms with E-state index in [1.54, 1.807) is 32.4 Å². The number of allylic oxidation sites excluding steroid dienone is 2. The number of aryl methyl sites for hydroxylation is 1. The molecule has 2 heterocycles. The second-order valence-electron chi connectivity index (χ2n) is 15.8. The molecule has 4 aliphatic rings. The number of methoxy groups -OCH3 is 2. The van der Waals surface area contributed by atoms with Gasteiger partial charge >= 0.3 is 0 Å². The van der Waals surface area contributed by atoms with Gasteiger partial charge in [-0.3, -0.25) is 29.5 Å². The van der Waals surface area contributed by atoms with Crippen LogP contribution in [0.1, 0.15) is 46.6 Å². The van der Waals surface area contributed by atoms with E-state index in [1.807, 2.05) is 110 Å². The molecule has 0 unspecified atom stereocenters. The summed E-state index contributed by atoms with van der Waals surface area (Å²) in [6.07, 6.45) is 6.22. The van der Waals surface area contributed by atoms with Crippen LogP contribution in [0.3, 0.4) is 0 Å². The van der Waals surface area contributed by atoms with Crippen molar-refractivity contribution in [1.82, 2.24) is 5.01 Å². The summed E-state index contributed by atoms with van der Waals surface area (Å²) in [5, 5.41) is 11.8. The third kappa shape index (κ3) is 6.16. The van der Waals surface area contributed by atoms with Crippen LogP contribution in [0.25, 0.3) is 12.2 Å². The maximum atomic E-state index is 15.4. The largest absolute Gasteiger partial charge is 0.508 e. The first kappa shape index (κ1) is 38.8. The lowest BCUT2D eigenvalue weighted by atomic mass is 9.49. The van der Waals surface area contributed by atoms with Gasteiger partial charge in [0.25, 0.3) is 11.8 Å². The molecule has 2 aliphatic carbocycles. The first-order valence-electron chi connectivity index (χ1n) is 19.9. The molecule has 9 rings (SSSR count). The molecule has 2 saturated heterocycles. The third-order valence-electron chi connectivity index (χ3n) is 12.7. The molecule has 4 amide bonds. The van der Waals surface area contributed by atoms with Gasteiger partial charge in [-0.05, 0) is 97.0 Å². The van der Waals surface area contributed by atoms with Crippen molar-refractivity contribution in [3.8, 4) is 17.2 Å². The highest BCUT2D eigenvalue weighted by atomic mass is 35.5. The zero-order valence-electron chi connectivity index (χ0n) is 33.2. The molecule has 10 nitrogen and oxygen atoms in total. The number of carbonyl (C=O) groups excluding carboxylic acids is 4. The van der Waals surface area contributed by atoms with E-state index >= 15 is 4.79 Å². The van der Waals surface area contributed by atoms with Crippen LogP contribution >= 0.6 is 11.6 Å². The lowest BCUT2D eigenvalue weighted by Gasteiger charge is -2.50. The minimum absolute atomic E-state index is 0.0515. The molecule has 11 heteroatoms. The molecule has 0 bridgehead atoms. The van der Waals surface area contributed by atoms with Crippen LogP contribution in [-0.4, -0.2) is 48.0 Å². The molecule has 3 fully saturated rings. The summed E-state index contributed by atoms with van der Waals surface area (Å²) >= 11 is 7.01. The molecule has 5 aromatic rings. The summed E-state index contributed by atoms with van der Waals surface area (Å²) < 4.78 is 10.9. The first-order chi connectivity index (χ1) is 29.0. The lowest BCUT2D eigenvalue weighted by molar-refractivity contribution is -0.138. The quantitative estimate of drug-likeness (QED) is 0.0860. The Morgan fingerprint density at radius 2 is 1.55 bits per heavy atom.